The lowest BCUT2D eigenvalue weighted by Gasteiger charge is -2.13. The van der Waals surface area contributed by atoms with Gasteiger partial charge in [-0.05, 0) is 62.4 Å². The van der Waals surface area contributed by atoms with Crippen molar-refractivity contribution in [2.75, 3.05) is 26.4 Å². The number of epoxide rings is 1. The van der Waals surface area contributed by atoms with Crippen LogP contribution in [-0.4, -0.2) is 48.8 Å². The van der Waals surface area contributed by atoms with E-state index in [2.05, 4.69) is 6.92 Å². The Kier molecular flexibility index (Phi) is 12.0. The Morgan fingerprint density at radius 1 is 0.658 bits per heavy atom. The van der Waals surface area contributed by atoms with E-state index in [0.717, 1.165) is 23.9 Å². The Hall–Kier alpha value is -4.00. The summed E-state index contributed by atoms with van der Waals surface area (Å²) in [4.78, 5) is 0. The molecule has 0 saturated carbocycles. The first kappa shape index (κ1) is 28.6. The minimum absolute atomic E-state index is 0.218. The quantitative estimate of drug-likeness (QED) is 0.267. The lowest BCUT2D eigenvalue weighted by Crippen LogP contribution is -2.25. The molecule has 0 amide bonds. The van der Waals surface area contributed by atoms with Crippen molar-refractivity contribution in [3.8, 4) is 23.0 Å². The summed E-state index contributed by atoms with van der Waals surface area (Å²) in [6.45, 7) is 6.06. The highest BCUT2D eigenvalue weighted by molar-refractivity contribution is 5.27. The smallest absolute Gasteiger partial charge is 0.122 e. The van der Waals surface area contributed by atoms with E-state index in [4.69, 9.17) is 24.1 Å². The average Bonchev–Trinajstić information content (AvgIpc) is 3.78. The zero-order valence-corrected chi connectivity index (χ0v) is 21.9. The van der Waals surface area contributed by atoms with E-state index < -0.39 is 6.10 Å². The van der Waals surface area contributed by atoms with Gasteiger partial charge in [0, 0.05) is 0 Å². The lowest BCUT2D eigenvalue weighted by molar-refractivity contribution is 0.0626. The summed E-state index contributed by atoms with van der Waals surface area (Å²) in [6.07, 6.45) is -0.312. The molecular formula is C32H36O6. The molecule has 6 heteroatoms. The molecule has 6 nitrogen and oxygen atoms in total. The molecule has 38 heavy (non-hydrogen) atoms. The fraction of sp³-hybridized carbons (Fsp3) is 0.250. The van der Waals surface area contributed by atoms with Crippen LogP contribution in [0.3, 0.4) is 0 Å². The molecule has 0 radical (unpaired) electrons. The van der Waals surface area contributed by atoms with Gasteiger partial charge in [0.2, 0.25) is 0 Å². The third kappa shape index (κ3) is 12.3. The van der Waals surface area contributed by atoms with Gasteiger partial charge in [0.15, 0.2) is 0 Å². The number of benzene rings is 4. The third-order valence-corrected chi connectivity index (χ3v) is 5.26. The van der Waals surface area contributed by atoms with Crippen LogP contribution in [-0.2, 0) is 4.74 Å². The molecule has 2 unspecified atom stereocenters. The largest absolute Gasteiger partial charge is 0.508 e. The van der Waals surface area contributed by atoms with Gasteiger partial charge in [-0.25, -0.2) is 0 Å². The van der Waals surface area contributed by atoms with Gasteiger partial charge in [-0.1, -0.05) is 71.8 Å². The predicted octanol–water partition coefficient (Wildman–Crippen LogP) is 5.98. The Morgan fingerprint density at radius 3 is 1.50 bits per heavy atom. The predicted molar refractivity (Wildman–Crippen MR) is 149 cm³/mol. The summed E-state index contributed by atoms with van der Waals surface area (Å²) in [7, 11) is 0. The second kappa shape index (κ2) is 16.0. The number of phenols is 1. The van der Waals surface area contributed by atoms with Gasteiger partial charge in [-0.2, -0.15) is 0 Å². The van der Waals surface area contributed by atoms with E-state index >= 15 is 0 Å². The van der Waals surface area contributed by atoms with Crippen LogP contribution in [0.25, 0.3) is 0 Å². The number of phenolic OH excluding ortho intramolecular Hbond substituents is 1. The van der Waals surface area contributed by atoms with Crippen LogP contribution in [0.2, 0.25) is 0 Å². The van der Waals surface area contributed by atoms with E-state index in [1.54, 1.807) is 24.3 Å². The maximum absolute atomic E-state index is 9.78. The first-order valence-electron chi connectivity index (χ1n) is 12.6. The summed E-state index contributed by atoms with van der Waals surface area (Å²) in [5, 5.41) is 18.4. The fourth-order valence-corrected chi connectivity index (χ4v) is 3.00. The first-order chi connectivity index (χ1) is 18.5. The van der Waals surface area contributed by atoms with Crippen molar-refractivity contribution in [3.05, 3.63) is 120 Å². The number of aromatic hydroxyl groups is 1. The molecule has 4 aromatic rings. The maximum atomic E-state index is 9.78. The summed E-state index contributed by atoms with van der Waals surface area (Å²) < 4.78 is 21.4. The molecule has 1 saturated heterocycles. The fourth-order valence-electron chi connectivity index (χ4n) is 3.00. The molecule has 5 rings (SSSR count). The topological polar surface area (TPSA) is 80.7 Å². The number of hydrogen-bond donors (Lipinski definition) is 2. The zero-order valence-electron chi connectivity index (χ0n) is 21.9. The standard InChI is InChI=1S/C16H18O3.C10H12O2.C6H6O/c1-13-7-9-16(10-8-13)19-12-14(17)11-18-15-5-3-2-4-6-15;1-8-2-4-9(5-3-8)11-6-10-7-12-10;7-6-4-2-1-3-5-6/h2-10,14,17H,11-12H2,1H3;2-5,10H,6-7H2,1H3;1-5,7H. The minimum atomic E-state index is -0.651. The number of ether oxygens (including phenoxy) is 4. The Morgan fingerprint density at radius 2 is 1.08 bits per heavy atom. The van der Waals surface area contributed by atoms with E-state index in [0.29, 0.717) is 18.5 Å². The molecule has 200 valence electrons. The van der Waals surface area contributed by atoms with E-state index in [9.17, 15) is 5.11 Å². The molecule has 1 aliphatic heterocycles. The van der Waals surface area contributed by atoms with Gasteiger partial charge in [0.25, 0.3) is 0 Å². The van der Waals surface area contributed by atoms with Gasteiger partial charge in [-0.3, -0.25) is 0 Å². The van der Waals surface area contributed by atoms with E-state index in [1.807, 2.05) is 91.9 Å². The normalized spacial score (nSPS) is 14.0. The number of para-hydroxylation sites is 2. The van der Waals surface area contributed by atoms with Crippen molar-refractivity contribution in [3.63, 3.8) is 0 Å². The van der Waals surface area contributed by atoms with Gasteiger partial charge in [0.1, 0.15) is 55.0 Å². The van der Waals surface area contributed by atoms with Gasteiger partial charge in [-0.15, -0.1) is 0 Å². The number of rotatable bonds is 9. The highest BCUT2D eigenvalue weighted by Crippen LogP contribution is 2.15. The third-order valence-electron chi connectivity index (χ3n) is 5.26. The molecule has 0 bridgehead atoms. The van der Waals surface area contributed by atoms with Crippen LogP contribution < -0.4 is 14.2 Å². The molecule has 0 spiro atoms. The van der Waals surface area contributed by atoms with Crippen molar-refractivity contribution >= 4 is 0 Å². The number of aryl methyl sites for hydroxylation is 2. The Balaban J connectivity index is 0.000000178. The molecule has 0 aromatic heterocycles. The van der Waals surface area contributed by atoms with Crippen LogP contribution in [0.15, 0.2) is 109 Å². The van der Waals surface area contributed by atoms with Crippen molar-refractivity contribution in [2.45, 2.75) is 26.1 Å². The summed E-state index contributed by atoms with van der Waals surface area (Å²) in [5.41, 5.74) is 2.44. The van der Waals surface area contributed by atoms with Crippen molar-refractivity contribution in [2.24, 2.45) is 0 Å². The first-order valence-corrected chi connectivity index (χ1v) is 12.6. The van der Waals surface area contributed by atoms with Gasteiger partial charge < -0.3 is 29.2 Å². The lowest BCUT2D eigenvalue weighted by atomic mass is 10.2. The number of aliphatic hydroxyl groups is 1. The molecular weight excluding hydrogens is 480 g/mol. The second-order valence-corrected chi connectivity index (χ2v) is 8.82. The summed E-state index contributed by atoms with van der Waals surface area (Å²) >= 11 is 0. The molecule has 1 heterocycles. The summed E-state index contributed by atoms with van der Waals surface area (Å²) in [6, 6.07) is 33.9. The van der Waals surface area contributed by atoms with Crippen molar-refractivity contribution in [1.29, 1.82) is 0 Å². The Labute approximate surface area is 225 Å². The average molecular weight is 517 g/mol. The summed E-state index contributed by atoms with van der Waals surface area (Å²) in [5.74, 6) is 2.75. The van der Waals surface area contributed by atoms with Crippen LogP contribution >= 0.6 is 0 Å². The SMILES string of the molecule is Cc1ccc(OCC(O)COc2ccccc2)cc1.Cc1ccc(OCC2CO2)cc1.Oc1ccccc1. The van der Waals surface area contributed by atoms with E-state index in [-0.39, 0.29) is 13.2 Å². The molecule has 4 aromatic carbocycles. The maximum Gasteiger partial charge on any atom is 0.122 e. The Bertz CT molecular complexity index is 1140. The molecule has 2 atom stereocenters. The van der Waals surface area contributed by atoms with Crippen LogP contribution in [0.1, 0.15) is 11.1 Å². The molecule has 1 aliphatic rings. The molecule has 2 N–H and O–H groups in total. The van der Waals surface area contributed by atoms with Crippen LogP contribution in [0, 0.1) is 13.8 Å². The van der Waals surface area contributed by atoms with Crippen LogP contribution in [0.5, 0.6) is 23.0 Å². The van der Waals surface area contributed by atoms with Crippen molar-refractivity contribution < 1.29 is 29.2 Å². The van der Waals surface area contributed by atoms with E-state index in [1.165, 1.54) is 11.1 Å². The minimum Gasteiger partial charge on any atom is -0.508 e. The van der Waals surface area contributed by atoms with Crippen LogP contribution in [0.4, 0.5) is 0 Å². The monoisotopic (exact) mass is 516 g/mol. The second-order valence-electron chi connectivity index (χ2n) is 8.82. The molecule has 0 aliphatic carbocycles. The van der Waals surface area contributed by atoms with Gasteiger partial charge in [0.05, 0.1) is 6.61 Å². The zero-order chi connectivity index (χ0) is 27.0. The number of hydrogen-bond acceptors (Lipinski definition) is 6. The highest BCUT2D eigenvalue weighted by Gasteiger charge is 2.22. The molecule has 1 fully saturated rings. The van der Waals surface area contributed by atoms with Gasteiger partial charge >= 0.3 is 0 Å². The highest BCUT2D eigenvalue weighted by atomic mass is 16.6. The number of aliphatic hydroxyl groups excluding tert-OH is 1. The van der Waals surface area contributed by atoms with Crippen molar-refractivity contribution in [1.82, 2.24) is 0 Å².